The topological polar surface area (TPSA) is 108 Å². The number of carbonyl (C=O) groups is 2. The van der Waals surface area contributed by atoms with E-state index in [1.165, 1.54) is 36.7 Å². The van der Waals surface area contributed by atoms with Gasteiger partial charge >= 0.3 is 11.9 Å². The fourth-order valence-electron chi connectivity index (χ4n) is 4.18. The maximum atomic E-state index is 13.8. The van der Waals surface area contributed by atoms with Crippen molar-refractivity contribution in [2.24, 2.45) is 0 Å². The first-order valence-electron chi connectivity index (χ1n) is 10.6. The minimum absolute atomic E-state index is 0.0478. The number of sulfonamides is 1. The van der Waals surface area contributed by atoms with E-state index >= 15 is 0 Å². The summed E-state index contributed by atoms with van der Waals surface area (Å²) in [5.41, 5.74) is 0.647. The monoisotopic (exact) mass is 475 g/mol. The summed E-state index contributed by atoms with van der Waals surface area (Å²) < 4.78 is 49.4. The van der Waals surface area contributed by atoms with Gasteiger partial charge in [0.1, 0.15) is 0 Å². The van der Waals surface area contributed by atoms with E-state index in [0.717, 1.165) is 31.2 Å². The van der Waals surface area contributed by atoms with Crippen molar-refractivity contribution in [3.05, 3.63) is 53.1 Å². The zero-order chi connectivity index (χ0) is 23.6. The Morgan fingerprint density at radius 1 is 0.939 bits per heavy atom. The molecule has 0 aromatic heterocycles. The third-order valence-electron chi connectivity index (χ3n) is 5.86. The molecule has 9 nitrogen and oxygen atoms in total. The SMILES string of the molecule is COC(=O)c1cc(C(=O)OC)cc(S(=O)(=O)N(Cc2ccc3c(c2)OCO3)C2CCCC2)c1. The summed E-state index contributed by atoms with van der Waals surface area (Å²) in [5, 5.41) is 0. The number of nitrogens with zero attached hydrogens (tertiary/aromatic N) is 1. The predicted molar refractivity (Wildman–Crippen MR) is 117 cm³/mol. The minimum Gasteiger partial charge on any atom is -0.465 e. The molecule has 4 rings (SSSR count). The zero-order valence-corrected chi connectivity index (χ0v) is 19.2. The number of ether oxygens (including phenoxy) is 4. The second-order valence-corrected chi connectivity index (χ2v) is 9.80. The largest absolute Gasteiger partial charge is 0.465 e. The third-order valence-corrected chi connectivity index (χ3v) is 7.74. The highest BCUT2D eigenvalue weighted by Crippen LogP contribution is 2.35. The van der Waals surface area contributed by atoms with Crippen LogP contribution in [0.2, 0.25) is 0 Å². The van der Waals surface area contributed by atoms with Crippen LogP contribution < -0.4 is 9.47 Å². The lowest BCUT2D eigenvalue weighted by Gasteiger charge is -2.28. The molecular weight excluding hydrogens is 450 g/mol. The maximum absolute atomic E-state index is 13.8. The molecule has 2 aromatic carbocycles. The molecule has 0 atom stereocenters. The highest BCUT2D eigenvalue weighted by Gasteiger charge is 2.35. The Morgan fingerprint density at radius 2 is 1.55 bits per heavy atom. The van der Waals surface area contributed by atoms with Crippen molar-refractivity contribution in [2.75, 3.05) is 21.0 Å². The summed E-state index contributed by atoms with van der Waals surface area (Å²) in [6.07, 6.45) is 3.30. The van der Waals surface area contributed by atoms with Gasteiger partial charge in [-0.05, 0) is 48.7 Å². The Morgan fingerprint density at radius 3 is 2.15 bits per heavy atom. The van der Waals surface area contributed by atoms with Crippen molar-refractivity contribution < 1.29 is 37.0 Å². The first kappa shape index (κ1) is 23.1. The van der Waals surface area contributed by atoms with Crippen LogP contribution >= 0.6 is 0 Å². The molecule has 176 valence electrons. The zero-order valence-electron chi connectivity index (χ0n) is 18.4. The van der Waals surface area contributed by atoms with E-state index in [-0.39, 0.29) is 35.4 Å². The Bertz CT molecular complexity index is 1140. The molecule has 0 amide bonds. The Kier molecular flexibility index (Phi) is 6.57. The number of benzene rings is 2. The number of hydrogen-bond acceptors (Lipinski definition) is 8. The average Bonchev–Trinajstić information content (AvgIpc) is 3.52. The summed E-state index contributed by atoms with van der Waals surface area (Å²) in [4.78, 5) is 24.2. The Labute approximate surface area is 192 Å². The average molecular weight is 476 g/mol. The summed E-state index contributed by atoms with van der Waals surface area (Å²) in [7, 11) is -1.71. The molecule has 1 aliphatic carbocycles. The number of carbonyl (C=O) groups excluding carboxylic acids is 2. The molecule has 0 spiro atoms. The van der Waals surface area contributed by atoms with Gasteiger partial charge in [-0.1, -0.05) is 18.9 Å². The predicted octanol–water partition coefficient (Wildman–Crippen LogP) is 3.12. The quantitative estimate of drug-likeness (QED) is 0.562. The molecule has 0 radical (unpaired) electrons. The second-order valence-electron chi connectivity index (χ2n) is 7.91. The van der Waals surface area contributed by atoms with Crippen molar-refractivity contribution in [1.82, 2.24) is 4.31 Å². The van der Waals surface area contributed by atoms with Crippen molar-refractivity contribution in [2.45, 2.75) is 43.2 Å². The summed E-state index contributed by atoms with van der Waals surface area (Å²) in [6, 6.07) is 8.84. The van der Waals surface area contributed by atoms with Crippen molar-refractivity contribution in [1.29, 1.82) is 0 Å². The summed E-state index contributed by atoms with van der Waals surface area (Å²) in [6.45, 7) is 0.236. The third kappa shape index (κ3) is 4.67. The minimum atomic E-state index is -4.08. The highest BCUT2D eigenvalue weighted by atomic mass is 32.2. The molecule has 33 heavy (non-hydrogen) atoms. The molecule has 1 aliphatic heterocycles. The van der Waals surface area contributed by atoms with Crippen LogP contribution in [0.5, 0.6) is 11.5 Å². The van der Waals surface area contributed by atoms with Crippen molar-refractivity contribution in [3.63, 3.8) is 0 Å². The summed E-state index contributed by atoms with van der Waals surface area (Å²) >= 11 is 0. The fourth-order valence-corrected chi connectivity index (χ4v) is 5.92. The molecule has 2 aromatic rings. The van der Waals surface area contributed by atoms with Crippen LogP contribution in [-0.2, 0) is 26.0 Å². The van der Waals surface area contributed by atoms with Gasteiger partial charge in [-0.2, -0.15) is 4.31 Å². The van der Waals surface area contributed by atoms with Crippen molar-refractivity contribution in [3.8, 4) is 11.5 Å². The van der Waals surface area contributed by atoms with Gasteiger partial charge in [-0.15, -0.1) is 0 Å². The van der Waals surface area contributed by atoms with E-state index in [9.17, 15) is 18.0 Å². The van der Waals surface area contributed by atoms with E-state index in [0.29, 0.717) is 11.5 Å². The molecule has 1 saturated carbocycles. The first-order chi connectivity index (χ1) is 15.8. The molecule has 0 unspecified atom stereocenters. The van der Waals surface area contributed by atoms with Crippen LogP contribution in [-0.4, -0.2) is 51.7 Å². The van der Waals surface area contributed by atoms with Gasteiger partial charge in [0.05, 0.1) is 30.2 Å². The van der Waals surface area contributed by atoms with Crippen LogP contribution in [0, 0.1) is 0 Å². The fraction of sp³-hybridized carbons (Fsp3) is 0.391. The lowest BCUT2D eigenvalue weighted by atomic mass is 10.1. The van der Waals surface area contributed by atoms with Gasteiger partial charge in [0, 0.05) is 12.6 Å². The lowest BCUT2D eigenvalue weighted by Crippen LogP contribution is -2.38. The van der Waals surface area contributed by atoms with E-state index in [1.54, 1.807) is 18.2 Å². The molecule has 10 heteroatoms. The standard InChI is InChI=1S/C23H25NO8S/c1-29-22(25)16-10-17(23(26)30-2)12-19(11-16)33(27,28)24(18-5-3-4-6-18)13-15-7-8-20-21(9-15)32-14-31-20/h7-12,18H,3-6,13-14H2,1-2H3. The van der Waals surface area contributed by atoms with Gasteiger partial charge in [0.15, 0.2) is 11.5 Å². The molecule has 1 heterocycles. The number of esters is 2. The van der Waals surface area contributed by atoms with Crippen LogP contribution in [0.4, 0.5) is 0 Å². The molecule has 2 aliphatic rings. The van der Waals surface area contributed by atoms with Gasteiger partial charge in [-0.3, -0.25) is 0 Å². The molecular formula is C23H25NO8S. The number of hydrogen-bond donors (Lipinski definition) is 0. The number of fused-ring (bicyclic) bond motifs is 1. The van der Waals surface area contributed by atoms with Crippen LogP contribution in [0.1, 0.15) is 52.0 Å². The van der Waals surface area contributed by atoms with Crippen LogP contribution in [0.25, 0.3) is 0 Å². The Hall–Kier alpha value is -3.11. The van der Waals surface area contributed by atoms with Crippen molar-refractivity contribution >= 4 is 22.0 Å². The molecule has 0 bridgehead atoms. The first-order valence-corrected chi connectivity index (χ1v) is 12.0. The van der Waals surface area contributed by atoms with Crippen LogP contribution in [0.15, 0.2) is 41.3 Å². The number of methoxy groups -OCH3 is 2. The lowest BCUT2D eigenvalue weighted by molar-refractivity contribution is 0.0598. The van der Waals surface area contributed by atoms with Gasteiger partial charge in [0.2, 0.25) is 16.8 Å². The summed E-state index contributed by atoms with van der Waals surface area (Å²) in [5.74, 6) is -0.319. The Balaban J connectivity index is 1.76. The molecule has 0 saturated heterocycles. The number of rotatable bonds is 7. The smallest absolute Gasteiger partial charge is 0.337 e. The molecule has 0 N–H and O–H groups in total. The maximum Gasteiger partial charge on any atom is 0.337 e. The van der Waals surface area contributed by atoms with E-state index < -0.39 is 22.0 Å². The second kappa shape index (κ2) is 9.40. The van der Waals surface area contributed by atoms with Gasteiger partial charge < -0.3 is 18.9 Å². The normalized spacial score (nSPS) is 15.6. The van der Waals surface area contributed by atoms with E-state index in [4.69, 9.17) is 18.9 Å². The highest BCUT2D eigenvalue weighted by molar-refractivity contribution is 7.89. The van der Waals surface area contributed by atoms with Gasteiger partial charge in [0.25, 0.3) is 0 Å². The van der Waals surface area contributed by atoms with E-state index in [1.807, 2.05) is 0 Å². The van der Waals surface area contributed by atoms with E-state index in [2.05, 4.69) is 0 Å². The molecule has 1 fully saturated rings. The van der Waals surface area contributed by atoms with Gasteiger partial charge in [-0.25, -0.2) is 18.0 Å². The van der Waals surface area contributed by atoms with Crippen LogP contribution in [0.3, 0.4) is 0 Å².